The number of hydrogen-bond donors (Lipinski definition) is 2. The monoisotopic (exact) mass is 337 g/mol. The summed E-state index contributed by atoms with van der Waals surface area (Å²) >= 11 is 0. The highest BCUT2D eigenvalue weighted by Crippen LogP contribution is 2.30. The standard InChI is InChI=1S/C19H20FN5/c1-19(2,3)13-8-4-6-10-15(13)22-17-12-21-25-18(24-17)23-16-11-7-5-9-14(16)20/h4-12H,1-3H3,(H2,22,23,24,25). The Hall–Kier alpha value is -3.02. The molecule has 0 fully saturated rings. The van der Waals surface area contributed by atoms with Crippen molar-refractivity contribution in [1.29, 1.82) is 0 Å². The van der Waals surface area contributed by atoms with E-state index in [2.05, 4.69) is 52.7 Å². The van der Waals surface area contributed by atoms with Crippen LogP contribution in [0.25, 0.3) is 0 Å². The summed E-state index contributed by atoms with van der Waals surface area (Å²) in [5.74, 6) is 0.386. The van der Waals surface area contributed by atoms with Crippen LogP contribution < -0.4 is 10.6 Å². The molecule has 0 aliphatic carbocycles. The fourth-order valence-corrected chi connectivity index (χ4v) is 2.48. The third kappa shape index (κ3) is 4.09. The van der Waals surface area contributed by atoms with Gasteiger partial charge < -0.3 is 10.6 Å². The molecule has 1 heterocycles. The second-order valence-electron chi connectivity index (χ2n) is 6.69. The van der Waals surface area contributed by atoms with Crippen molar-refractivity contribution in [3.63, 3.8) is 0 Å². The molecule has 1 aromatic heterocycles. The van der Waals surface area contributed by atoms with E-state index in [1.807, 2.05) is 18.2 Å². The first-order chi connectivity index (χ1) is 11.9. The molecule has 3 aromatic rings. The fourth-order valence-electron chi connectivity index (χ4n) is 2.48. The predicted octanol–water partition coefficient (Wildman–Crippen LogP) is 4.80. The second-order valence-corrected chi connectivity index (χ2v) is 6.69. The summed E-state index contributed by atoms with van der Waals surface area (Å²) < 4.78 is 13.8. The molecular weight excluding hydrogens is 317 g/mol. The van der Waals surface area contributed by atoms with Gasteiger partial charge in [-0.25, -0.2) is 4.39 Å². The molecular formula is C19H20FN5. The number of anilines is 4. The fraction of sp³-hybridized carbons (Fsp3) is 0.211. The molecule has 0 spiro atoms. The van der Waals surface area contributed by atoms with Gasteiger partial charge in [-0.3, -0.25) is 0 Å². The molecule has 2 N–H and O–H groups in total. The van der Waals surface area contributed by atoms with Crippen molar-refractivity contribution in [2.75, 3.05) is 10.6 Å². The average molecular weight is 337 g/mol. The molecule has 0 unspecified atom stereocenters. The number of hydrogen-bond acceptors (Lipinski definition) is 5. The second kappa shape index (κ2) is 6.84. The molecule has 0 radical (unpaired) electrons. The van der Waals surface area contributed by atoms with Crippen LogP contribution in [0.4, 0.5) is 27.5 Å². The summed E-state index contributed by atoms with van der Waals surface area (Å²) in [6, 6.07) is 14.4. The van der Waals surface area contributed by atoms with E-state index < -0.39 is 0 Å². The van der Waals surface area contributed by atoms with Crippen LogP contribution in [0.15, 0.2) is 54.7 Å². The van der Waals surface area contributed by atoms with Crippen LogP contribution in [-0.4, -0.2) is 15.2 Å². The lowest BCUT2D eigenvalue weighted by Gasteiger charge is -2.23. The summed E-state index contributed by atoms with van der Waals surface area (Å²) in [6.45, 7) is 6.45. The van der Waals surface area contributed by atoms with E-state index in [4.69, 9.17) is 0 Å². The topological polar surface area (TPSA) is 62.7 Å². The van der Waals surface area contributed by atoms with Gasteiger partial charge in [0.05, 0.1) is 11.9 Å². The number of benzene rings is 2. The lowest BCUT2D eigenvalue weighted by Crippen LogP contribution is -2.14. The van der Waals surface area contributed by atoms with Gasteiger partial charge in [0, 0.05) is 5.69 Å². The van der Waals surface area contributed by atoms with Crippen molar-refractivity contribution >= 4 is 23.1 Å². The van der Waals surface area contributed by atoms with Crippen molar-refractivity contribution in [3.05, 3.63) is 66.1 Å². The van der Waals surface area contributed by atoms with Crippen molar-refractivity contribution in [2.45, 2.75) is 26.2 Å². The Balaban J connectivity index is 1.85. The van der Waals surface area contributed by atoms with Gasteiger partial charge in [-0.2, -0.15) is 10.1 Å². The van der Waals surface area contributed by atoms with Gasteiger partial charge in [0.15, 0.2) is 5.82 Å². The molecule has 0 bridgehead atoms. The number of nitrogens with zero attached hydrogens (tertiary/aromatic N) is 3. The van der Waals surface area contributed by atoms with Gasteiger partial charge in [-0.15, -0.1) is 5.10 Å². The predicted molar refractivity (Wildman–Crippen MR) is 97.9 cm³/mol. The van der Waals surface area contributed by atoms with E-state index in [1.54, 1.807) is 18.2 Å². The zero-order valence-electron chi connectivity index (χ0n) is 14.4. The van der Waals surface area contributed by atoms with E-state index in [0.717, 1.165) is 11.3 Å². The first-order valence-electron chi connectivity index (χ1n) is 8.01. The molecule has 0 aliphatic rings. The molecule has 2 aromatic carbocycles. The molecule has 3 rings (SSSR count). The SMILES string of the molecule is CC(C)(C)c1ccccc1Nc1cnnc(Nc2ccccc2F)n1. The smallest absolute Gasteiger partial charge is 0.249 e. The van der Waals surface area contributed by atoms with E-state index >= 15 is 0 Å². The van der Waals surface area contributed by atoms with Crippen LogP contribution in [-0.2, 0) is 5.41 Å². The number of halogens is 1. The molecule has 5 nitrogen and oxygen atoms in total. The van der Waals surface area contributed by atoms with Gasteiger partial charge in [-0.05, 0) is 29.2 Å². The summed E-state index contributed by atoms with van der Waals surface area (Å²) in [6.07, 6.45) is 1.53. The van der Waals surface area contributed by atoms with E-state index in [-0.39, 0.29) is 17.2 Å². The van der Waals surface area contributed by atoms with Gasteiger partial charge >= 0.3 is 0 Å². The van der Waals surface area contributed by atoms with Crippen molar-refractivity contribution in [1.82, 2.24) is 15.2 Å². The van der Waals surface area contributed by atoms with Crippen LogP contribution in [0.5, 0.6) is 0 Å². The number of aromatic nitrogens is 3. The van der Waals surface area contributed by atoms with E-state index in [9.17, 15) is 4.39 Å². The summed E-state index contributed by atoms with van der Waals surface area (Å²) in [5, 5.41) is 14.0. The molecule has 0 saturated heterocycles. The molecule has 6 heteroatoms. The van der Waals surface area contributed by atoms with E-state index in [1.165, 1.54) is 12.3 Å². The molecule has 0 saturated carbocycles. The Kier molecular flexibility index (Phi) is 4.61. The van der Waals surface area contributed by atoms with Crippen LogP contribution in [0.1, 0.15) is 26.3 Å². The number of para-hydroxylation sites is 2. The zero-order valence-corrected chi connectivity index (χ0v) is 14.4. The van der Waals surface area contributed by atoms with Crippen LogP contribution in [0.2, 0.25) is 0 Å². The number of nitrogens with one attached hydrogen (secondary N) is 2. The van der Waals surface area contributed by atoms with Crippen molar-refractivity contribution in [3.8, 4) is 0 Å². The highest BCUT2D eigenvalue weighted by molar-refractivity contribution is 5.63. The summed E-state index contributed by atoms with van der Waals surface area (Å²) in [5.41, 5.74) is 2.40. The Morgan fingerprint density at radius 1 is 0.880 bits per heavy atom. The highest BCUT2D eigenvalue weighted by atomic mass is 19.1. The molecule has 0 atom stereocenters. The lowest BCUT2D eigenvalue weighted by atomic mass is 9.86. The first kappa shape index (κ1) is 16.8. The third-order valence-electron chi connectivity index (χ3n) is 3.68. The summed E-state index contributed by atoms with van der Waals surface area (Å²) in [4.78, 5) is 4.37. The maximum absolute atomic E-state index is 13.8. The molecule has 0 amide bonds. The van der Waals surface area contributed by atoms with Crippen LogP contribution >= 0.6 is 0 Å². The van der Waals surface area contributed by atoms with Crippen LogP contribution in [0, 0.1) is 5.82 Å². The summed E-state index contributed by atoms with van der Waals surface area (Å²) in [7, 11) is 0. The maximum atomic E-state index is 13.8. The Morgan fingerprint density at radius 3 is 2.28 bits per heavy atom. The largest absolute Gasteiger partial charge is 0.339 e. The Morgan fingerprint density at radius 2 is 1.56 bits per heavy atom. The van der Waals surface area contributed by atoms with E-state index in [0.29, 0.717) is 11.5 Å². The minimum atomic E-state index is -0.373. The van der Waals surface area contributed by atoms with Gasteiger partial charge in [0.2, 0.25) is 5.95 Å². The highest BCUT2D eigenvalue weighted by Gasteiger charge is 2.17. The van der Waals surface area contributed by atoms with Gasteiger partial charge in [0.25, 0.3) is 0 Å². The normalized spacial score (nSPS) is 11.2. The van der Waals surface area contributed by atoms with Gasteiger partial charge in [-0.1, -0.05) is 51.1 Å². The van der Waals surface area contributed by atoms with Gasteiger partial charge in [0.1, 0.15) is 5.82 Å². The minimum absolute atomic E-state index is 0.0156. The minimum Gasteiger partial charge on any atom is -0.339 e. The zero-order chi connectivity index (χ0) is 17.9. The maximum Gasteiger partial charge on any atom is 0.249 e. The Labute approximate surface area is 146 Å². The first-order valence-corrected chi connectivity index (χ1v) is 8.01. The number of rotatable bonds is 4. The van der Waals surface area contributed by atoms with Crippen LogP contribution in [0.3, 0.4) is 0 Å². The third-order valence-corrected chi connectivity index (χ3v) is 3.68. The average Bonchev–Trinajstić information content (AvgIpc) is 2.57. The molecule has 25 heavy (non-hydrogen) atoms. The quantitative estimate of drug-likeness (QED) is 0.716. The molecule has 128 valence electrons. The lowest BCUT2D eigenvalue weighted by molar-refractivity contribution is 0.592. The van der Waals surface area contributed by atoms with Crippen molar-refractivity contribution < 1.29 is 4.39 Å². The Bertz CT molecular complexity index is 873. The molecule has 0 aliphatic heterocycles. The van der Waals surface area contributed by atoms with Crippen molar-refractivity contribution in [2.24, 2.45) is 0 Å².